The van der Waals surface area contributed by atoms with E-state index in [1.807, 2.05) is 0 Å². The Bertz CT molecular complexity index is 503. The zero-order valence-electron chi connectivity index (χ0n) is 10.9. The normalized spacial score (nSPS) is 32.7. The van der Waals surface area contributed by atoms with Crippen LogP contribution in [0.4, 0.5) is 0 Å². The maximum atomic E-state index is 10.9. The molecule has 0 radical (unpaired) electrons. The van der Waals surface area contributed by atoms with E-state index in [4.69, 9.17) is 19.7 Å². The number of carboxylic acids is 1. The molecular weight excluding hydrogens is 284 g/mol. The van der Waals surface area contributed by atoms with Crippen molar-refractivity contribution in [2.24, 2.45) is 0 Å². The van der Waals surface area contributed by atoms with Crippen LogP contribution in [0.1, 0.15) is 10.4 Å². The molecule has 0 aromatic heterocycles. The molecule has 5 atom stereocenters. The maximum Gasteiger partial charge on any atom is 0.335 e. The lowest BCUT2D eigenvalue weighted by Gasteiger charge is -2.39. The van der Waals surface area contributed by atoms with Gasteiger partial charge < -0.3 is 35.0 Å². The zero-order valence-corrected chi connectivity index (χ0v) is 10.9. The molecule has 1 saturated heterocycles. The standard InChI is InChI=1S/C13H16O8/c14-5-8-9(15)10(16)11(17)13(21-8)20-7-3-1-2-6(4-7)12(18)19/h1-4,8-11,13-17H,5H2,(H,18,19)/t8-,9-,10+,11+,13+/m1/s1. The van der Waals surface area contributed by atoms with Crippen LogP contribution in [-0.4, -0.2) is 68.8 Å². The molecule has 0 unspecified atom stereocenters. The van der Waals surface area contributed by atoms with Crippen molar-refractivity contribution in [2.75, 3.05) is 6.61 Å². The van der Waals surface area contributed by atoms with Crippen LogP contribution in [0.25, 0.3) is 0 Å². The number of aromatic carboxylic acids is 1. The third-order valence-electron chi connectivity index (χ3n) is 3.18. The minimum Gasteiger partial charge on any atom is -0.478 e. The molecule has 8 nitrogen and oxygen atoms in total. The molecule has 1 fully saturated rings. The number of rotatable bonds is 4. The van der Waals surface area contributed by atoms with E-state index in [9.17, 15) is 20.1 Å². The molecule has 116 valence electrons. The first kappa shape index (κ1) is 15.7. The molecule has 21 heavy (non-hydrogen) atoms. The molecule has 0 bridgehead atoms. The van der Waals surface area contributed by atoms with Crippen LogP contribution in [0.2, 0.25) is 0 Å². The summed E-state index contributed by atoms with van der Waals surface area (Å²) < 4.78 is 10.4. The van der Waals surface area contributed by atoms with Gasteiger partial charge in [-0.05, 0) is 18.2 Å². The second-order valence-corrected chi connectivity index (χ2v) is 4.65. The fourth-order valence-electron chi connectivity index (χ4n) is 2.00. The van der Waals surface area contributed by atoms with Crippen LogP contribution in [0.15, 0.2) is 24.3 Å². The number of hydrogen-bond donors (Lipinski definition) is 5. The average Bonchev–Trinajstić information content (AvgIpc) is 2.48. The highest BCUT2D eigenvalue weighted by Crippen LogP contribution is 2.24. The van der Waals surface area contributed by atoms with Gasteiger partial charge in [-0.3, -0.25) is 0 Å². The highest BCUT2D eigenvalue weighted by molar-refractivity contribution is 5.87. The van der Waals surface area contributed by atoms with Crippen LogP contribution in [-0.2, 0) is 4.74 Å². The summed E-state index contributed by atoms with van der Waals surface area (Å²) in [5.41, 5.74) is -0.0166. The van der Waals surface area contributed by atoms with Crippen LogP contribution in [0.3, 0.4) is 0 Å². The molecule has 1 aliphatic heterocycles. The number of aliphatic hydroxyl groups excluding tert-OH is 4. The quantitative estimate of drug-likeness (QED) is 0.456. The molecule has 1 aromatic rings. The van der Waals surface area contributed by atoms with Crippen molar-refractivity contribution in [3.05, 3.63) is 29.8 Å². The molecular formula is C13H16O8. The van der Waals surface area contributed by atoms with Gasteiger partial charge >= 0.3 is 5.97 Å². The molecule has 8 heteroatoms. The first-order valence-corrected chi connectivity index (χ1v) is 6.24. The molecule has 1 heterocycles. The van der Waals surface area contributed by atoms with Gasteiger partial charge in [0, 0.05) is 0 Å². The second-order valence-electron chi connectivity index (χ2n) is 4.65. The van der Waals surface area contributed by atoms with Gasteiger partial charge in [-0.15, -0.1) is 0 Å². The lowest BCUT2D eigenvalue weighted by Crippen LogP contribution is -2.60. The van der Waals surface area contributed by atoms with E-state index in [-0.39, 0.29) is 11.3 Å². The van der Waals surface area contributed by atoms with Gasteiger partial charge in [0.25, 0.3) is 0 Å². The van der Waals surface area contributed by atoms with Crippen LogP contribution in [0.5, 0.6) is 5.75 Å². The van der Waals surface area contributed by atoms with Crippen molar-refractivity contribution in [1.29, 1.82) is 0 Å². The minimum atomic E-state index is -1.55. The van der Waals surface area contributed by atoms with Crippen molar-refractivity contribution < 1.29 is 39.8 Å². The molecule has 1 aliphatic rings. The predicted octanol–water partition coefficient (Wildman–Crippen LogP) is -1.44. The molecule has 0 amide bonds. The Morgan fingerprint density at radius 2 is 1.90 bits per heavy atom. The number of carbonyl (C=O) groups is 1. The van der Waals surface area contributed by atoms with Gasteiger partial charge in [0.2, 0.25) is 6.29 Å². The highest BCUT2D eigenvalue weighted by atomic mass is 16.7. The smallest absolute Gasteiger partial charge is 0.335 e. The Balaban J connectivity index is 2.14. The van der Waals surface area contributed by atoms with Gasteiger partial charge in [-0.1, -0.05) is 6.07 Å². The van der Waals surface area contributed by atoms with E-state index < -0.39 is 43.3 Å². The Morgan fingerprint density at radius 3 is 2.52 bits per heavy atom. The monoisotopic (exact) mass is 300 g/mol. The van der Waals surface area contributed by atoms with Gasteiger partial charge in [-0.2, -0.15) is 0 Å². The zero-order chi connectivity index (χ0) is 15.6. The Hall–Kier alpha value is -1.71. The summed E-state index contributed by atoms with van der Waals surface area (Å²) in [6.45, 7) is -0.569. The molecule has 5 N–H and O–H groups in total. The third kappa shape index (κ3) is 3.31. The number of hydrogen-bond acceptors (Lipinski definition) is 7. The number of aliphatic hydroxyl groups is 4. The van der Waals surface area contributed by atoms with E-state index in [0.717, 1.165) is 0 Å². The number of carboxylic acid groups (broad SMARTS) is 1. The van der Waals surface area contributed by atoms with Crippen molar-refractivity contribution >= 4 is 5.97 Å². The van der Waals surface area contributed by atoms with Crippen molar-refractivity contribution in [1.82, 2.24) is 0 Å². The Kier molecular flexibility index (Phi) is 4.76. The first-order valence-electron chi connectivity index (χ1n) is 6.24. The summed E-state index contributed by atoms with van der Waals surface area (Å²) in [5.74, 6) is -1.03. The van der Waals surface area contributed by atoms with Gasteiger partial charge in [0.05, 0.1) is 12.2 Å². The van der Waals surface area contributed by atoms with Gasteiger partial charge in [0.15, 0.2) is 0 Å². The summed E-state index contributed by atoms with van der Waals surface area (Å²) in [6.07, 6.45) is -7.00. The number of benzene rings is 1. The van der Waals surface area contributed by atoms with E-state index >= 15 is 0 Å². The first-order chi connectivity index (χ1) is 9.93. The van der Waals surface area contributed by atoms with E-state index in [0.29, 0.717) is 0 Å². The Labute approximate surface area is 119 Å². The second kappa shape index (κ2) is 6.37. The minimum absolute atomic E-state index is 0.0166. The van der Waals surface area contributed by atoms with Crippen LogP contribution >= 0.6 is 0 Å². The van der Waals surface area contributed by atoms with Crippen LogP contribution in [0, 0.1) is 0 Å². The molecule has 0 saturated carbocycles. The lowest BCUT2D eigenvalue weighted by atomic mass is 9.99. The summed E-state index contributed by atoms with van der Waals surface area (Å²) in [7, 11) is 0. The maximum absolute atomic E-state index is 10.9. The van der Waals surface area contributed by atoms with Crippen LogP contribution < -0.4 is 4.74 Å². The summed E-state index contributed by atoms with van der Waals surface area (Å²) in [5, 5.41) is 47.0. The SMILES string of the molecule is O=C(O)c1cccc(O[C@H]2O[C@H](CO)[C@@H](O)[C@H](O)[C@@H]2O)c1. The summed E-state index contributed by atoms with van der Waals surface area (Å²) >= 11 is 0. The molecule has 0 spiro atoms. The van der Waals surface area contributed by atoms with Crippen molar-refractivity contribution in [2.45, 2.75) is 30.7 Å². The van der Waals surface area contributed by atoms with E-state index in [1.54, 1.807) is 0 Å². The van der Waals surface area contributed by atoms with E-state index in [1.165, 1.54) is 24.3 Å². The summed E-state index contributed by atoms with van der Waals surface area (Å²) in [4.78, 5) is 10.9. The topological polar surface area (TPSA) is 137 Å². The van der Waals surface area contributed by atoms with Crippen molar-refractivity contribution in [3.8, 4) is 5.75 Å². The van der Waals surface area contributed by atoms with E-state index in [2.05, 4.69) is 0 Å². The lowest BCUT2D eigenvalue weighted by molar-refractivity contribution is -0.277. The average molecular weight is 300 g/mol. The fraction of sp³-hybridized carbons (Fsp3) is 0.462. The largest absolute Gasteiger partial charge is 0.478 e. The van der Waals surface area contributed by atoms with Crippen molar-refractivity contribution in [3.63, 3.8) is 0 Å². The van der Waals surface area contributed by atoms with Gasteiger partial charge in [0.1, 0.15) is 30.2 Å². The molecule has 2 rings (SSSR count). The number of ether oxygens (including phenoxy) is 2. The third-order valence-corrected chi connectivity index (χ3v) is 3.18. The summed E-state index contributed by atoms with van der Waals surface area (Å²) in [6, 6.07) is 5.49. The fourth-order valence-corrected chi connectivity index (χ4v) is 2.00. The molecule has 1 aromatic carbocycles. The molecule has 0 aliphatic carbocycles. The Morgan fingerprint density at radius 1 is 1.19 bits per heavy atom. The van der Waals surface area contributed by atoms with Gasteiger partial charge in [-0.25, -0.2) is 4.79 Å². The predicted molar refractivity (Wildman–Crippen MR) is 67.8 cm³/mol. The highest BCUT2D eigenvalue weighted by Gasteiger charge is 2.44.